The van der Waals surface area contributed by atoms with Crippen molar-refractivity contribution in [1.82, 2.24) is 0 Å². The van der Waals surface area contributed by atoms with Crippen LogP contribution < -0.4 is 9.47 Å². The van der Waals surface area contributed by atoms with Crippen molar-refractivity contribution in [3.05, 3.63) is 59.2 Å². The lowest BCUT2D eigenvalue weighted by atomic mass is 10.1. The van der Waals surface area contributed by atoms with E-state index in [9.17, 15) is 0 Å². The van der Waals surface area contributed by atoms with E-state index in [1.54, 1.807) is 0 Å². The molecule has 1 aliphatic heterocycles. The summed E-state index contributed by atoms with van der Waals surface area (Å²) in [6.45, 7) is 5.27. The van der Waals surface area contributed by atoms with Gasteiger partial charge in [-0.15, -0.1) is 23.5 Å². The van der Waals surface area contributed by atoms with Crippen LogP contribution in [0.1, 0.15) is 21.3 Å². The molecule has 2 aromatic rings. The minimum Gasteiger partial charge on any atom is -0.490 e. The van der Waals surface area contributed by atoms with Crippen molar-refractivity contribution in [3.63, 3.8) is 0 Å². The minimum absolute atomic E-state index is 0.555. The van der Waals surface area contributed by atoms with Gasteiger partial charge in [0.25, 0.3) is 0 Å². The molecular weight excluding hydrogens is 324 g/mol. The highest BCUT2D eigenvalue weighted by atomic mass is 32.2. The van der Waals surface area contributed by atoms with Crippen LogP contribution in [0.15, 0.2) is 42.5 Å². The second kappa shape index (κ2) is 8.02. The fraction of sp³-hybridized carbons (Fsp3) is 0.368. The number of aryl methyl sites for hydroxylation is 2. The lowest BCUT2D eigenvalue weighted by molar-refractivity contribution is 0.216. The number of rotatable bonds is 6. The normalized spacial score (nSPS) is 14.9. The van der Waals surface area contributed by atoms with Crippen LogP contribution in [0.25, 0.3) is 0 Å². The molecule has 0 N–H and O–H groups in total. The van der Waals surface area contributed by atoms with E-state index < -0.39 is 0 Å². The minimum atomic E-state index is 0.555. The highest BCUT2D eigenvalue weighted by Gasteiger charge is 2.17. The Labute approximate surface area is 147 Å². The topological polar surface area (TPSA) is 18.5 Å². The van der Waals surface area contributed by atoms with E-state index in [2.05, 4.69) is 50.2 Å². The quantitative estimate of drug-likeness (QED) is 0.666. The molecule has 2 nitrogen and oxygen atoms in total. The Morgan fingerprint density at radius 1 is 0.913 bits per heavy atom. The summed E-state index contributed by atoms with van der Waals surface area (Å²) >= 11 is 4.05. The second-order valence-electron chi connectivity index (χ2n) is 5.61. The van der Waals surface area contributed by atoms with Gasteiger partial charge in [-0.3, -0.25) is 0 Å². The molecule has 0 aliphatic carbocycles. The lowest BCUT2D eigenvalue weighted by Gasteiger charge is -2.12. The molecule has 4 heteroatoms. The Hall–Kier alpha value is -1.26. The second-order valence-corrected chi connectivity index (χ2v) is 8.33. The molecule has 0 bridgehead atoms. The largest absolute Gasteiger partial charge is 0.490 e. The number of ether oxygens (including phenoxy) is 2. The Kier molecular flexibility index (Phi) is 5.79. The molecular formula is C19H22O2S2. The van der Waals surface area contributed by atoms with Gasteiger partial charge in [0.05, 0.1) is 4.58 Å². The molecule has 0 saturated carbocycles. The van der Waals surface area contributed by atoms with E-state index in [4.69, 9.17) is 9.47 Å². The Bertz CT molecular complexity index is 634. The first kappa shape index (κ1) is 16.6. The first-order valence-electron chi connectivity index (χ1n) is 7.88. The maximum Gasteiger partial charge on any atom is 0.122 e. The average molecular weight is 347 g/mol. The van der Waals surface area contributed by atoms with E-state index >= 15 is 0 Å². The molecule has 3 rings (SSSR count). The summed E-state index contributed by atoms with van der Waals surface area (Å²) in [6.07, 6.45) is 0. The van der Waals surface area contributed by atoms with Crippen LogP contribution >= 0.6 is 23.5 Å². The lowest BCUT2D eigenvalue weighted by Crippen LogP contribution is -2.09. The van der Waals surface area contributed by atoms with E-state index in [0.29, 0.717) is 17.8 Å². The van der Waals surface area contributed by atoms with Gasteiger partial charge in [-0.05, 0) is 43.2 Å². The van der Waals surface area contributed by atoms with Crippen molar-refractivity contribution in [2.75, 3.05) is 24.7 Å². The van der Waals surface area contributed by atoms with Crippen molar-refractivity contribution < 1.29 is 9.47 Å². The first-order chi connectivity index (χ1) is 11.2. The summed E-state index contributed by atoms with van der Waals surface area (Å²) < 4.78 is 12.2. The zero-order chi connectivity index (χ0) is 16.1. The zero-order valence-electron chi connectivity index (χ0n) is 13.6. The molecule has 1 saturated heterocycles. The third kappa shape index (κ3) is 4.61. The highest BCUT2D eigenvalue weighted by molar-refractivity contribution is 8.19. The summed E-state index contributed by atoms with van der Waals surface area (Å²) in [5.74, 6) is 4.35. The van der Waals surface area contributed by atoms with Gasteiger partial charge in [0.1, 0.15) is 24.7 Å². The van der Waals surface area contributed by atoms with E-state index in [1.165, 1.54) is 28.2 Å². The maximum absolute atomic E-state index is 5.79. The highest BCUT2D eigenvalue weighted by Crippen LogP contribution is 2.45. The molecule has 0 aromatic heterocycles. The van der Waals surface area contributed by atoms with Gasteiger partial charge in [0.2, 0.25) is 0 Å². The first-order valence-corrected chi connectivity index (χ1v) is 9.98. The predicted molar refractivity (Wildman–Crippen MR) is 101 cm³/mol. The van der Waals surface area contributed by atoms with Crippen LogP contribution in [0.4, 0.5) is 0 Å². The molecule has 0 spiro atoms. The van der Waals surface area contributed by atoms with Crippen LogP contribution in [0.2, 0.25) is 0 Å². The molecule has 1 aliphatic rings. The molecule has 0 radical (unpaired) electrons. The van der Waals surface area contributed by atoms with Crippen LogP contribution in [0, 0.1) is 13.8 Å². The smallest absolute Gasteiger partial charge is 0.122 e. The Balaban J connectivity index is 1.45. The van der Waals surface area contributed by atoms with E-state index in [-0.39, 0.29) is 0 Å². The average Bonchev–Trinajstić information content (AvgIpc) is 3.08. The summed E-state index contributed by atoms with van der Waals surface area (Å²) in [6, 6.07) is 14.7. The van der Waals surface area contributed by atoms with Gasteiger partial charge >= 0.3 is 0 Å². The molecule has 122 valence electrons. The summed E-state index contributed by atoms with van der Waals surface area (Å²) in [5, 5.41) is 0. The zero-order valence-corrected chi connectivity index (χ0v) is 15.2. The van der Waals surface area contributed by atoms with Crippen molar-refractivity contribution in [3.8, 4) is 11.5 Å². The molecule has 0 atom stereocenters. The van der Waals surface area contributed by atoms with E-state index in [0.717, 1.165) is 11.5 Å². The number of benzene rings is 2. The summed E-state index contributed by atoms with van der Waals surface area (Å²) in [5.41, 5.74) is 3.81. The van der Waals surface area contributed by atoms with Crippen LogP contribution in [-0.4, -0.2) is 24.7 Å². The number of thioether (sulfide) groups is 2. The van der Waals surface area contributed by atoms with Crippen LogP contribution in [-0.2, 0) is 0 Å². The van der Waals surface area contributed by atoms with Crippen LogP contribution in [0.5, 0.6) is 11.5 Å². The molecule has 0 unspecified atom stereocenters. The molecule has 1 fully saturated rings. The Morgan fingerprint density at radius 2 is 1.61 bits per heavy atom. The molecule has 0 amide bonds. The summed E-state index contributed by atoms with van der Waals surface area (Å²) in [7, 11) is 0. The Morgan fingerprint density at radius 3 is 2.30 bits per heavy atom. The number of hydrogen-bond acceptors (Lipinski definition) is 4. The maximum atomic E-state index is 5.79. The monoisotopic (exact) mass is 346 g/mol. The molecule has 2 aromatic carbocycles. The molecule has 1 heterocycles. The third-order valence-corrected chi connectivity index (χ3v) is 6.82. The number of hydrogen-bond donors (Lipinski definition) is 0. The fourth-order valence-electron chi connectivity index (χ4n) is 2.54. The van der Waals surface area contributed by atoms with Gasteiger partial charge in [-0.2, -0.15) is 0 Å². The van der Waals surface area contributed by atoms with Gasteiger partial charge < -0.3 is 9.47 Å². The third-order valence-electron chi connectivity index (χ3n) is 3.71. The summed E-state index contributed by atoms with van der Waals surface area (Å²) in [4.78, 5) is 0. The van der Waals surface area contributed by atoms with Crippen molar-refractivity contribution in [2.45, 2.75) is 18.4 Å². The van der Waals surface area contributed by atoms with Gasteiger partial charge in [-0.25, -0.2) is 0 Å². The van der Waals surface area contributed by atoms with E-state index in [1.807, 2.05) is 29.6 Å². The predicted octanol–water partition coefficient (Wildman–Crippen LogP) is 5.24. The van der Waals surface area contributed by atoms with Gasteiger partial charge in [0, 0.05) is 11.5 Å². The van der Waals surface area contributed by atoms with Gasteiger partial charge in [-0.1, -0.05) is 29.8 Å². The van der Waals surface area contributed by atoms with Crippen molar-refractivity contribution in [2.24, 2.45) is 0 Å². The fourth-order valence-corrected chi connectivity index (χ4v) is 5.40. The van der Waals surface area contributed by atoms with Crippen molar-refractivity contribution >= 4 is 23.5 Å². The SMILES string of the molecule is Cc1ccc(OCCOc2ccc(C3SCCS3)cc2)c(C)c1. The standard InChI is InChI=1S/C19H22O2S2/c1-14-3-8-18(15(2)13-14)21-10-9-20-17-6-4-16(5-7-17)19-22-11-12-23-19/h3-8,13,19H,9-12H2,1-2H3. The van der Waals surface area contributed by atoms with Crippen molar-refractivity contribution in [1.29, 1.82) is 0 Å². The van der Waals surface area contributed by atoms with Gasteiger partial charge in [0.15, 0.2) is 0 Å². The molecule has 23 heavy (non-hydrogen) atoms. The van der Waals surface area contributed by atoms with Crippen LogP contribution in [0.3, 0.4) is 0 Å².